The number of likely N-dealkylation sites (N-methyl/N-ethyl adjacent to an activating group) is 1. The van der Waals surface area contributed by atoms with E-state index in [1.807, 2.05) is 0 Å². The van der Waals surface area contributed by atoms with E-state index in [1.165, 1.54) is 18.8 Å². The van der Waals surface area contributed by atoms with Crippen molar-refractivity contribution in [1.29, 1.82) is 0 Å². The van der Waals surface area contributed by atoms with Crippen molar-refractivity contribution in [1.82, 2.24) is 4.90 Å². The summed E-state index contributed by atoms with van der Waals surface area (Å²) in [4.78, 5) is 26.0. The number of hydrogen-bond acceptors (Lipinski definition) is 5. The van der Waals surface area contributed by atoms with Gasteiger partial charge >= 0.3 is 0 Å². The molecule has 1 aliphatic heterocycles. The molecule has 0 atom stereocenters. The van der Waals surface area contributed by atoms with Crippen molar-refractivity contribution >= 4 is 29.1 Å². The standard InChI is InChI=1S/C17H21NO4S/c1-11(2)10-22-13-6-4-12(5-7-13)14-15(23-9-8-19)17(21)18(3)16(14)20/h4-7,11,19H,8-10H2,1-3H3. The zero-order valence-corrected chi connectivity index (χ0v) is 14.4. The summed E-state index contributed by atoms with van der Waals surface area (Å²) >= 11 is 1.21. The normalized spacial score (nSPS) is 15.1. The molecule has 0 bridgehead atoms. The van der Waals surface area contributed by atoms with Gasteiger partial charge in [-0.2, -0.15) is 0 Å². The summed E-state index contributed by atoms with van der Waals surface area (Å²) in [5.41, 5.74) is 1.08. The minimum atomic E-state index is -0.316. The molecule has 2 rings (SSSR count). The minimum Gasteiger partial charge on any atom is -0.493 e. The first-order valence-electron chi connectivity index (χ1n) is 7.49. The molecule has 1 heterocycles. The number of aliphatic hydroxyl groups is 1. The predicted octanol–water partition coefficient (Wildman–Crippen LogP) is 2.16. The average molecular weight is 335 g/mol. The third kappa shape index (κ3) is 3.95. The summed E-state index contributed by atoms with van der Waals surface area (Å²) < 4.78 is 5.63. The number of thioether (sulfide) groups is 1. The van der Waals surface area contributed by atoms with Crippen LogP contribution in [0.15, 0.2) is 29.2 Å². The summed E-state index contributed by atoms with van der Waals surface area (Å²) in [5, 5.41) is 8.97. The SMILES string of the molecule is CC(C)COc1ccc(C2=C(SCCO)C(=O)N(C)C2=O)cc1. The van der Waals surface area contributed by atoms with Crippen LogP contribution in [0.3, 0.4) is 0 Å². The van der Waals surface area contributed by atoms with Gasteiger partial charge in [0.05, 0.1) is 23.7 Å². The molecule has 124 valence electrons. The van der Waals surface area contributed by atoms with E-state index >= 15 is 0 Å². The van der Waals surface area contributed by atoms with Crippen molar-refractivity contribution in [2.45, 2.75) is 13.8 Å². The van der Waals surface area contributed by atoms with Crippen LogP contribution >= 0.6 is 11.8 Å². The molecule has 5 nitrogen and oxygen atoms in total. The molecule has 0 fully saturated rings. The molecule has 0 spiro atoms. The summed E-state index contributed by atoms with van der Waals surface area (Å²) in [6.07, 6.45) is 0. The Hall–Kier alpha value is -1.79. The van der Waals surface area contributed by atoms with Crippen molar-refractivity contribution in [3.63, 3.8) is 0 Å². The fourth-order valence-corrected chi connectivity index (χ4v) is 3.04. The van der Waals surface area contributed by atoms with Gasteiger partial charge in [-0.3, -0.25) is 14.5 Å². The Labute approximate surface area is 140 Å². The molecule has 0 radical (unpaired) electrons. The van der Waals surface area contributed by atoms with Gasteiger partial charge in [0.15, 0.2) is 0 Å². The summed E-state index contributed by atoms with van der Waals surface area (Å²) in [7, 11) is 1.47. The third-order valence-electron chi connectivity index (χ3n) is 3.31. The largest absolute Gasteiger partial charge is 0.493 e. The predicted molar refractivity (Wildman–Crippen MR) is 91.0 cm³/mol. The fourth-order valence-electron chi connectivity index (χ4n) is 2.13. The average Bonchev–Trinajstić information content (AvgIpc) is 2.75. The molecular weight excluding hydrogens is 314 g/mol. The van der Waals surface area contributed by atoms with Crippen LogP contribution in [-0.4, -0.2) is 47.8 Å². The maximum absolute atomic E-state index is 12.3. The second kappa shape index (κ2) is 7.66. The van der Waals surface area contributed by atoms with E-state index in [2.05, 4.69) is 13.8 Å². The molecule has 1 aromatic carbocycles. The van der Waals surface area contributed by atoms with Gasteiger partial charge < -0.3 is 9.84 Å². The molecule has 0 aliphatic carbocycles. The summed E-state index contributed by atoms with van der Waals surface area (Å²) in [6.45, 7) is 4.72. The molecule has 1 N–H and O–H groups in total. The third-order valence-corrected chi connectivity index (χ3v) is 4.36. The smallest absolute Gasteiger partial charge is 0.267 e. The second-order valence-corrected chi connectivity index (χ2v) is 6.78. The lowest BCUT2D eigenvalue weighted by Crippen LogP contribution is -2.26. The van der Waals surface area contributed by atoms with Gasteiger partial charge in [-0.25, -0.2) is 0 Å². The van der Waals surface area contributed by atoms with Crippen LogP contribution in [-0.2, 0) is 9.59 Å². The number of imide groups is 1. The fraction of sp³-hybridized carbons (Fsp3) is 0.412. The van der Waals surface area contributed by atoms with E-state index in [1.54, 1.807) is 24.3 Å². The number of hydrogen-bond donors (Lipinski definition) is 1. The number of nitrogens with zero attached hydrogens (tertiary/aromatic N) is 1. The maximum Gasteiger partial charge on any atom is 0.267 e. The Kier molecular flexibility index (Phi) is 5.85. The highest BCUT2D eigenvalue weighted by molar-refractivity contribution is 8.04. The van der Waals surface area contributed by atoms with Crippen molar-refractivity contribution in [2.75, 3.05) is 26.0 Å². The minimum absolute atomic E-state index is 0.0470. The lowest BCUT2D eigenvalue weighted by Gasteiger charge is -2.10. The lowest BCUT2D eigenvalue weighted by atomic mass is 10.1. The van der Waals surface area contributed by atoms with Gasteiger partial charge in [-0.1, -0.05) is 26.0 Å². The Morgan fingerprint density at radius 3 is 2.39 bits per heavy atom. The highest BCUT2D eigenvalue weighted by Crippen LogP contribution is 2.35. The maximum atomic E-state index is 12.3. The zero-order chi connectivity index (χ0) is 17.0. The summed E-state index contributed by atoms with van der Waals surface area (Å²) in [5.74, 6) is 0.913. The van der Waals surface area contributed by atoms with Crippen LogP contribution in [0.25, 0.3) is 5.57 Å². The van der Waals surface area contributed by atoms with Crippen LogP contribution < -0.4 is 4.74 Å². The van der Waals surface area contributed by atoms with Crippen LogP contribution in [0, 0.1) is 5.92 Å². The van der Waals surface area contributed by atoms with Gasteiger partial charge in [0.1, 0.15) is 5.75 Å². The van der Waals surface area contributed by atoms with Crippen LogP contribution in [0.4, 0.5) is 0 Å². The number of amides is 2. The zero-order valence-electron chi connectivity index (χ0n) is 13.5. The molecule has 6 heteroatoms. The van der Waals surface area contributed by atoms with Crippen LogP contribution in [0.5, 0.6) is 5.75 Å². The highest BCUT2D eigenvalue weighted by Gasteiger charge is 2.36. The number of ether oxygens (including phenoxy) is 1. The molecular formula is C17H21NO4S. The quantitative estimate of drug-likeness (QED) is 0.774. The molecule has 1 aromatic rings. The Balaban J connectivity index is 2.27. The van der Waals surface area contributed by atoms with E-state index in [4.69, 9.17) is 9.84 Å². The van der Waals surface area contributed by atoms with E-state index in [-0.39, 0.29) is 18.4 Å². The Morgan fingerprint density at radius 2 is 1.83 bits per heavy atom. The molecule has 0 unspecified atom stereocenters. The molecule has 1 aliphatic rings. The van der Waals surface area contributed by atoms with Gasteiger partial charge in [0.25, 0.3) is 11.8 Å². The monoisotopic (exact) mass is 335 g/mol. The van der Waals surface area contributed by atoms with Crippen LogP contribution in [0.2, 0.25) is 0 Å². The van der Waals surface area contributed by atoms with Crippen molar-refractivity contribution in [3.05, 3.63) is 34.7 Å². The van der Waals surface area contributed by atoms with Crippen molar-refractivity contribution in [2.24, 2.45) is 5.92 Å². The van der Waals surface area contributed by atoms with Gasteiger partial charge in [-0.15, -0.1) is 11.8 Å². The first-order chi connectivity index (χ1) is 11.0. The first kappa shape index (κ1) is 17.6. The highest BCUT2D eigenvalue weighted by atomic mass is 32.2. The molecule has 0 aromatic heterocycles. The topological polar surface area (TPSA) is 66.8 Å². The number of aliphatic hydroxyl groups excluding tert-OH is 1. The second-order valence-electron chi connectivity index (χ2n) is 5.67. The molecule has 0 saturated carbocycles. The van der Waals surface area contributed by atoms with E-state index < -0.39 is 0 Å². The first-order valence-corrected chi connectivity index (χ1v) is 8.47. The van der Waals surface area contributed by atoms with Crippen molar-refractivity contribution in [3.8, 4) is 5.75 Å². The number of rotatable bonds is 7. The molecule has 23 heavy (non-hydrogen) atoms. The lowest BCUT2D eigenvalue weighted by molar-refractivity contribution is -0.134. The molecule has 2 amide bonds. The van der Waals surface area contributed by atoms with Gasteiger partial charge in [0.2, 0.25) is 0 Å². The van der Waals surface area contributed by atoms with Crippen LogP contribution in [0.1, 0.15) is 19.4 Å². The number of benzene rings is 1. The molecule has 0 saturated heterocycles. The number of carbonyl (C=O) groups is 2. The van der Waals surface area contributed by atoms with E-state index in [0.717, 1.165) is 10.6 Å². The summed E-state index contributed by atoms with van der Waals surface area (Å²) in [6, 6.07) is 7.17. The van der Waals surface area contributed by atoms with E-state index in [0.29, 0.717) is 34.3 Å². The van der Waals surface area contributed by atoms with Gasteiger partial charge in [0, 0.05) is 12.8 Å². The van der Waals surface area contributed by atoms with Crippen molar-refractivity contribution < 1.29 is 19.4 Å². The Morgan fingerprint density at radius 1 is 1.17 bits per heavy atom. The van der Waals surface area contributed by atoms with E-state index in [9.17, 15) is 9.59 Å². The van der Waals surface area contributed by atoms with Gasteiger partial charge in [-0.05, 0) is 23.6 Å². The Bertz CT molecular complexity index is 622. The number of carbonyl (C=O) groups excluding carboxylic acids is 2.